The Kier molecular flexibility index (Phi) is 6.75. The maximum atomic E-state index is 13.2. The van der Waals surface area contributed by atoms with Gasteiger partial charge in [0.25, 0.3) is 0 Å². The van der Waals surface area contributed by atoms with Crippen LogP contribution in [0.1, 0.15) is 30.5 Å². The Bertz CT molecular complexity index is 1320. The molecule has 5 nitrogen and oxygen atoms in total. The van der Waals surface area contributed by atoms with E-state index in [0.717, 1.165) is 28.9 Å². The first-order valence-electron chi connectivity index (χ1n) is 11.1. The van der Waals surface area contributed by atoms with E-state index in [1.165, 1.54) is 18.2 Å². The molecule has 1 aliphatic heterocycles. The van der Waals surface area contributed by atoms with Crippen LogP contribution >= 0.6 is 11.6 Å². The standard InChI is InChI=1S/C27H23ClF3NO4/c1-26(2)15-32(24(33)12-16-3-10-23(21(28)11-16)36-14-25(34)35)22-9-6-18(13-20(22)26)17-4-7-19(8-5-17)27(29,30)31/h3-11,13H,12,14-15H2,1-2H3,(H,34,35). The Hall–Kier alpha value is -3.52. The molecule has 1 aliphatic rings. The largest absolute Gasteiger partial charge is 0.480 e. The Balaban J connectivity index is 1.55. The van der Waals surface area contributed by atoms with Crippen molar-refractivity contribution in [1.82, 2.24) is 0 Å². The number of halogens is 4. The second-order valence-corrected chi connectivity index (χ2v) is 9.70. The van der Waals surface area contributed by atoms with E-state index in [2.05, 4.69) is 0 Å². The number of hydrogen-bond donors (Lipinski definition) is 1. The van der Waals surface area contributed by atoms with Crippen LogP contribution in [0.15, 0.2) is 60.7 Å². The van der Waals surface area contributed by atoms with Crippen molar-refractivity contribution in [3.8, 4) is 16.9 Å². The third-order valence-corrected chi connectivity index (χ3v) is 6.41. The fourth-order valence-electron chi connectivity index (χ4n) is 4.31. The number of ether oxygens (including phenoxy) is 1. The molecule has 0 aliphatic carbocycles. The number of nitrogens with zero attached hydrogens (tertiary/aromatic N) is 1. The molecule has 0 atom stereocenters. The number of benzene rings is 3. The minimum absolute atomic E-state index is 0.0785. The molecule has 188 valence electrons. The number of carbonyl (C=O) groups is 2. The van der Waals surface area contributed by atoms with Gasteiger partial charge in [0.2, 0.25) is 5.91 Å². The zero-order valence-corrected chi connectivity index (χ0v) is 20.3. The summed E-state index contributed by atoms with van der Waals surface area (Å²) in [4.78, 5) is 25.6. The molecular weight excluding hydrogens is 495 g/mol. The third kappa shape index (κ3) is 5.33. The monoisotopic (exact) mass is 517 g/mol. The lowest BCUT2D eigenvalue weighted by Crippen LogP contribution is -2.34. The van der Waals surface area contributed by atoms with Crippen molar-refractivity contribution in [2.45, 2.75) is 31.9 Å². The molecule has 0 unspecified atom stereocenters. The molecule has 0 bridgehead atoms. The van der Waals surface area contributed by atoms with Crippen molar-refractivity contribution in [1.29, 1.82) is 0 Å². The summed E-state index contributed by atoms with van der Waals surface area (Å²) in [7, 11) is 0. The molecule has 36 heavy (non-hydrogen) atoms. The highest BCUT2D eigenvalue weighted by Gasteiger charge is 2.38. The molecule has 0 radical (unpaired) electrons. The quantitative estimate of drug-likeness (QED) is 0.413. The molecule has 3 aromatic carbocycles. The van der Waals surface area contributed by atoms with Gasteiger partial charge in [-0.1, -0.05) is 49.7 Å². The van der Waals surface area contributed by atoms with Crippen molar-refractivity contribution in [2.24, 2.45) is 0 Å². The first kappa shape index (κ1) is 25.6. The molecule has 1 heterocycles. The maximum Gasteiger partial charge on any atom is 0.416 e. The number of carboxylic acids is 1. The molecule has 0 fully saturated rings. The van der Waals surface area contributed by atoms with Crippen LogP contribution in [0.25, 0.3) is 11.1 Å². The van der Waals surface area contributed by atoms with Gasteiger partial charge < -0.3 is 14.7 Å². The van der Waals surface area contributed by atoms with Crippen molar-refractivity contribution < 1.29 is 32.6 Å². The van der Waals surface area contributed by atoms with Gasteiger partial charge in [-0.3, -0.25) is 4.79 Å². The SMILES string of the molecule is CC1(C)CN(C(=O)Cc2ccc(OCC(=O)O)c(Cl)c2)c2ccc(-c3ccc(C(F)(F)F)cc3)cc21. The molecule has 0 saturated carbocycles. The van der Waals surface area contributed by atoms with Gasteiger partial charge in [0.15, 0.2) is 6.61 Å². The Labute approximate surface area is 211 Å². The molecule has 1 amide bonds. The van der Waals surface area contributed by atoms with E-state index in [-0.39, 0.29) is 28.5 Å². The van der Waals surface area contributed by atoms with Crippen LogP contribution in [0, 0.1) is 0 Å². The number of alkyl halides is 3. The first-order valence-corrected chi connectivity index (χ1v) is 11.5. The van der Waals surface area contributed by atoms with Gasteiger partial charge in [-0.05, 0) is 58.7 Å². The first-order chi connectivity index (χ1) is 16.8. The fraction of sp³-hybridized carbons (Fsp3) is 0.259. The predicted octanol–water partition coefficient (Wildman–Crippen LogP) is 6.36. The van der Waals surface area contributed by atoms with Gasteiger partial charge in [-0.15, -0.1) is 0 Å². The van der Waals surface area contributed by atoms with Gasteiger partial charge in [0.1, 0.15) is 5.75 Å². The second kappa shape index (κ2) is 9.50. The highest BCUT2D eigenvalue weighted by atomic mass is 35.5. The number of fused-ring (bicyclic) bond motifs is 1. The third-order valence-electron chi connectivity index (χ3n) is 6.12. The van der Waals surface area contributed by atoms with Crippen molar-refractivity contribution in [2.75, 3.05) is 18.1 Å². The predicted molar refractivity (Wildman–Crippen MR) is 131 cm³/mol. The normalized spacial score (nSPS) is 14.4. The van der Waals surface area contributed by atoms with Crippen LogP contribution in [0.3, 0.4) is 0 Å². The molecule has 4 rings (SSSR count). The highest BCUT2D eigenvalue weighted by molar-refractivity contribution is 6.32. The second-order valence-electron chi connectivity index (χ2n) is 9.29. The summed E-state index contributed by atoms with van der Waals surface area (Å²) in [6.45, 7) is 3.96. The smallest absolute Gasteiger partial charge is 0.416 e. The summed E-state index contributed by atoms with van der Waals surface area (Å²) >= 11 is 6.19. The van der Waals surface area contributed by atoms with Crippen molar-refractivity contribution in [3.05, 3.63) is 82.4 Å². The summed E-state index contributed by atoms with van der Waals surface area (Å²) in [6, 6.07) is 15.3. The number of aliphatic carboxylic acids is 1. The van der Waals surface area contributed by atoms with Crippen molar-refractivity contribution in [3.63, 3.8) is 0 Å². The Morgan fingerprint density at radius 2 is 1.69 bits per heavy atom. The molecule has 3 aromatic rings. The summed E-state index contributed by atoms with van der Waals surface area (Å²) in [5, 5.41) is 8.96. The van der Waals surface area contributed by atoms with E-state index in [1.54, 1.807) is 23.1 Å². The van der Waals surface area contributed by atoms with Gasteiger partial charge in [0, 0.05) is 17.6 Å². The van der Waals surface area contributed by atoms with E-state index in [1.807, 2.05) is 26.0 Å². The molecule has 0 aromatic heterocycles. The average molecular weight is 518 g/mol. The number of rotatable bonds is 6. The number of anilines is 1. The van der Waals surface area contributed by atoms with Crippen LogP contribution in [0.5, 0.6) is 5.75 Å². The lowest BCUT2D eigenvalue weighted by atomic mass is 9.85. The van der Waals surface area contributed by atoms with Gasteiger partial charge in [-0.25, -0.2) is 4.79 Å². The van der Waals surface area contributed by atoms with Gasteiger partial charge in [0.05, 0.1) is 17.0 Å². The highest BCUT2D eigenvalue weighted by Crippen LogP contribution is 2.43. The molecule has 0 spiro atoms. The van der Waals surface area contributed by atoms with Crippen LogP contribution < -0.4 is 9.64 Å². The summed E-state index contributed by atoms with van der Waals surface area (Å²) in [6.07, 6.45) is -4.32. The summed E-state index contributed by atoms with van der Waals surface area (Å²) in [5.74, 6) is -1.04. The number of amides is 1. The summed E-state index contributed by atoms with van der Waals surface area (Å²) in [5.41, 5.74) is 2.71. The van der Waals surface area contributed by atoms with E-state index in [9.17, 15) is 22.8 Å². The minimum atomic E-state index is -4.39. The molecule has 0 saturated heterocycles. The van der Waals surface area contributed by atoms with Crippen molar-refractivity contribution >= 4 is 29.2 Å². The van der Waals surface area contributed by atoms with Gasteiger partial charge >= 0.3 is 12.1 Å². The van der Waals surface area contributed by atoms with Crippen LogP contribution in [-0.2, 0) is 27.6 Å². The molecular formula is C27H23ClF3NO4. The zero-order chi connectivity index (χ0) is 26.3. The van der Waals surface area contributed by atoms with Crippen LogP contribution in [0.4, 0.5) is 18.9 Å². The summed E-state index contributed by atoms with van der Waals surface area (Å²) < 4.78 is 43.9. The van der Waals surface area contributed by atoms with E-state index in [4.69, 9.17) is 21.4 Å². The topological polar surface area (TPSA) is 66.8 Å². The maximum absolute atomic E-state index is 13.2. The Morgan fingerprint density at radius 3 is 2.31 bits per heavy atom. The lowest BCUT2D eigenvalue weighted by molar-refractivity contribution is -0.139. The molecule has 9 heteroatoms. The number of hydrogen-bond acceptors (Lipinski definition) is 3. The number of carbonyl (C=O) groups excluding carboxylic acids is 1. The fourth-order valence-corrected chi connectivity index (χ4v) is 4.57. The average Bonchev–Trinajstić information content (AvgIpc) is 3.08. The van der Waals surface area contributed by atoms with E-state index in [0.29, 0.717) is 17.7 Å². The number of carboxylic acid groups (broad SMARTS) is 1. The molecule has 1 N–H and O–H groups in total. The Morgan fingerprint density at radius 1 is 1.03 bits per heavy atom. The zero-order valence-electron chi connectivity index (χ0n) is 19.5. The lowest BCUT2D eigenvalue weighted by Gasteiger charge is -2.21. The van der Waals surface area contributed by atoms with Crippen LogP contribution in [-0.4, -0.2) is 30.1 Å². The van der Waals surface area contributed by atoms with Gasteiger partial charge in [-0.2, -0.15) is 13.2 Å². The van der Waals surface area contributed by atoms with E-state index >= 15 is 0 Å². The van der Waals surface area contributed by atoms with Crippen LogP contribution in [0.2, 0.25) is 5.02 Å². The minimum Gasteiger partial charge on any atom is -0.480 e. The van der Waals surface area contributed by atoms with E-state index < -0.39 is 24.3 Å².